The summed E-state index contributed by atoms with van der Waals surface area (Å²) in [5.41, 5.74) is 10.2. The molecule has 0 bridgehead atoms. The van der Waals surface area contributed by atoms with Gasteiger partial charge < -0.3 is 16.0 Å². The third-order valence-corrected chi connectivity index (χ3v) is 6.16. The molecule has 4 N–H and O–H groups in total. The molecule has 3 aromatic carbocycles. The molecule has 8 heteroatoms. The van der Waals surface area contributed by atoms with Crippen molar-refractivity contribution in [3.63, 3.8) is 0 Å². The highest BCUT2D eigenvalue weighted by molar-refractivity contribution is 7.82. The molecule has 4 rings (SSSR count). The predicted molar refractivity (Wildman–Crippen MR) is 128 cm³/mol. The summed E-state index contributed by atoms with van der Waals surface area (Å²) in [6, 6.07) is 19.1. The second kappa shape index (κ2) is 9.50. The molecule has 0 aliphatic carbocycles. The maximum Gasteiger partial charge on any atom is 0.255 e. The van der Waals surface area contributed by atoms with Crippen molar-refractivity contribution in [1.29, 1.82) is 0 Å². The summed E-state index contributed by atoms with van der Waals surface area (Å²) in [6.07, 6.45) is 2.56. The molecule has 1 amide bonds. The highest BCUT2D eigenvalue weighted by atomic mass is 32.2. The number of carbonyl (C=O) groups is 1. The van der Waals surface area contributed by atoms with Crippen molar-refractivity contribution < 1.29 is 13.4 Å². The fraction of sp³-hybridized carbons (Fsp3) is 0.208. The van der Waals surface area contributed by atoms with E-state index in [1.165, 1.54) is 12.1 Å². The minimum Gasteiger partial charge on any atom is -0.397 e. The van der Waals surface area contributed by atoms with Gasteiger partial charge in [0.15, 0.2) is 0 Å². The van der Waals surface area contributed by atoms with Gasteiger partial charge in [0.2, 0.25) is 0 Å². The molecule has 3 aromatic rings. The van der Waals surface area contributed by atoms with E-state index < -0.39 is 11.0 Å². The third-order valence-electron chi connectivity index (χ3n) is 5.49. The van der Waals surface area contributed by atoms with Gasteiger partial charge in [-0.3, -0.25) is 4.79 Å². The molecule has 2 unspecified atom stereocenters. The van der Waals surface area contributed by atoms with Crippen LogP contribution in [0.25, 0.3) is 11.1 Å². The maximum atomic E-state index is 13.2. The molecule has 166 valence electrons. The molecule has 0 aromatic heterocycles. The number of anilines is 3. The Bertz CT molecular complexity index is 1140. The lowest BCUT2D eigenvalue weighted by atomic mass is 10.0. The van der Waals surface area contributed by atoms with Crippen LogP contribution >= 0.6 is 0 Å². The Morgan fingerprint density at radius 1 is 1.06 bits per heavy atom. The van der Waals surface area contributed by atoms with E-state index >= 15 is 0 Å². The van der Waals surface area contributed by atoms with E-state index in [2.05, 4.69) is 14.9 Å². The lowest BCUT2D eigenvalue weighted by Gasteiger charge is -2.19. The molecular weight excluding hydrogens is 427 g/mol. The van der Waals surface area contributed by atoms with Gasteiger partial charge in [-0.25, -0.2) is 13.3 Å². The van der Waals surface area contributed by atoms with Crippen molar-refractivity contribution in [2.24, 2.45) is 0 Å². The quantitative estimate of drug-likeness (QED) is 0.497. The van der Waals surface area contributed by atoms with Gasteiger partial charge in [0.1, 0.15) is 5.82 Å². The maximum absolute atomic E-state index is 13.2. The van der Waals surface area contributed by atoms with Crippen molar-refractivity contribution in [3.8, 4) is 11.1 Å². The van der Waals surface area contributed by atoms with E-state index in [0.29, 0.717) is 16.9 Å². The zero-order chi connectivity index (χ0) is 22.7. The summed E-state index contributed by atoms with van der Waals surface area (Å²) in [7, 11) is -1.03. The minimum absolute atomic E-state index is 0.195. The lowest BCUT2D eigenvalue weighted by Crippen LogP contribution is -2.33. The topological polar surface area (TPSA) is 87.5 Å². The molecule has 1 fully saturated rings. The van der Waals surface area contributed by atoms with Gasteiger partial charge in [0, 0.05) is 36.6 Å². The van der Waals surface area contributed by atoms with Gasteiger partial charge in [-0.15, -0.1) is 0 Å². The highest BCUT2D eigenvalue weighted by Gasteiger charge is 2.23. The minimum atomic E-state index is -1.03. The van der Waals surface area contributed by atoms with Crippen molar-refractivity contribution in [2.45, 2.75) is 12.5 Å². The van der Waals surface area contributed by atoms with E-state index in [9.17, 15) is 13.4 Å². The van der Waals surface area contributed by atoms with Crippen LogP contribution in [0.15, 0.2) is 66.7 Å². The van der Waals surface area contributed by atoms with E-state index in [1.54, 1.807) is 42.7 Å². The van der Waals surface area contributed by atoms with Crippen molar-refractivity contribution in [3.05, 3.63) is 78.1 Å². The molecule has 0 saturated carbocycles. The van der Waals surface area contributed by atoms with Gasteiger partial charge in [0.25, 0.3) is 5.91 Å². The van der Waals surface area contributed by atoms with Crippen LogP contribution in [0.3, 0.4) is 0 Å². The number of amides is 1. The number of benzene rings is 3. The van der Waals surface area contributed by atoms with Crippen LogP contribution in [0.5, 0.6) is 0 Å². The molecule has 0 radical (unpaired) electrons. The first-order chi connectivity index (χ1) is 15.4. The molecule has 1 aliphatic rings. The van der Waals surface area contributed by atoms with Crippen LogP contribution in [-0.2, 0) is 11.0 Å². The second-order valence-electron chi connectivity index (χ2n) is 7.81. The average molecular weight is 453 g/mol. The van der Waals surface area contributed by atoms with Gasteiger partial charge in [-0.05, 0) is 66.1 Å². The summed E-state index contributed by atoms with van der Waals surface area (Å²) in [4.78, 5) is 15.0. The summed E-state index contributed by atoms with van der Waals surface area (Å²) < 4.78 is 27.6. The fourth-order valence-corrected chi connectivity index (χ4v) is 4.49. The van der Waals surface area contributed by atoms with Gasteiger partial charge in [0.05, 0.1) is 22.4 Å². The molecular formula is C24H25FN4O2S. The number of nitrogens with zero attached hydrogens (tertiary/aromatic N) is 1. The lowest BCUT2D eigenvalue weighted by molar-refractivity contribution is 0.102. The first kappa shape index (κ1) is 22.0. The first-order valence-electron chi connectivity index (χ1n) is 10.3. The Kier molecular flexibility index (Phi) is 6.53. The Balaban J connectivity index is 1.44. The van der Waals surface area contributed by atoms with Gasteiger partial charge in [-0.1, -0.05) is 18.2 Å². The third kappa shape index (κ3) is 5.15. The standard InChI is InChI=1S/C24H25FN4O2S/c1-32(31)28-20-12-13-29(15-20)21-9-4-17(5-10-21)24(30)27-23-14-18(6-11-22(23)26)16-2-7-19(25)8-3-16/h2-11,14,20,28H,12-13,15,26H2,1H3,(H,27,30). The first-order valence-corrected chi connectivity index (χ1v) is 11.9. The zero-order valence-electron chi connectivity index (χ0n) is 17.7. The molecule has 2 atom stereocenters. The van der Waals surface area contributed by atoms with Crippen LogP contribution in [0, 0.1) is 5.82 Å². The Morgan fingerprint density at radius 3 is 2.44 bits per heavy atom. The Hall–Kier alpha value is -3.23. The summed E-state index contributed by atoms with van der Waals surface area (Å²) in [5, 5.41) is 2.87. The van der Waals surface area contributed by atoms with Crippen LogP contribution in [-0.4, -0.2) is 35.5 Å². The van der Waals surface area contributed by atoms with Crippen molar-refractivity contribution in [2.75, 3.05) is 35.3 Å². The fourth-order valence-electron chi connectivity index (χ4n) is 3.83. The van der Waals surface area contributed by atoms with E-state index in [0.717, 1.165) is 36.3 Å². The van der Waals surface area contributed by atoms with Crippen molar-refractivity contribution in [1.82, 2.24) is 4.72 Å². The SMILES string of the molecule is CS(=O)NC1CCN(c2ccc(C(=O)Nc3cc(-c4ccc(F)cc4)ccc3N)cc2)C1. The molecule has 32 heavy (non-hydrogen) atoms. The smallest absolute Gasteiger partial charge is 0.255 e. The summed E-state index contributed by atoms with van der Waals surface area (Å²) in [6.45, 7) is 1.64. The number of carbonyl (C=O) groups excluding carboxylic acids is 1. The molecule has 1 saturated heterocycles. The van der Waals surface area contributed by atoms with Gasteiger partial charge in [-0.2, -0.15) is 0 Å². The number of nitrogen functional groups attached to an aromatic ring is 1. The Morgan fingerprint density at radius 2 is 1.75 bits per heavy atom. The molecule has 6 nitrogen and oxygen atoms in total. The normalized spacial score (nSPS) is 16.7. The van der Waals surface area contributed by atoms with E-state index in [1.807, 2.05) is 18.2 Å². The molecule has 1 aliphatic heterocycles. The van der Waals surface area contributed by atoms with Crippen molar-refractivity contribution >= 4 is 34.0 Å². The van der Waals surface area contributed by atoms with Crippen LogP contribution in [0.4, 0.5) is 21.5 Å². The number of hydrogen-bond acceptors (Lipinski definition) is 4. The number of halogens is 1. The Labute approximate surface area is 189 Å². The second-order valence-corrected chi connectivity index (χ2v) is 8.96. The van der Waals surface area contributed by atoms with Crippen LogP contribution in [0.1, 0.15) is 16.8 Å². The van der Waals surface area contributed by atoms with Crippen LogP contribution in [0.2, 0.25) is 0 Å². The number of nitrogens with two attached hydrogens (primary N) is 1. The van der Waals surface area contributed by atoms with E-state index in [-0.39, 0.29) is 17.8 Å². The van der Waals surface area contributed by atoms with Crippen LogP contribution < -0.4 is 20.7 Å². The largest absolute Gasteiger partial charge is 0.397 e. The van der Waals surface area contributed by atoms with Gasteiger partial charge >= 0.3 is 0 Å². The monoisotopic (exact) mass is 452 g/mol. The number of hydrogen-bond donors (Lipinski definition) is 3. The van der Waals surface area contributed by atoms with E-state index in [4.69, 9.17) is 5.73 Å². The zero-order valence-corrected chi connectivity index (χ0v) is 18.5. The molecule has 0 spiro atoms. The number of rotatable bonds is 6. The number of nitrogens with one attached hydrogen (secondary N) is 2. The summed E-state index contributed by atoms with van der Waals surface area (Å²) >= 11 is 0. The average Bonchev–Trinajstić information content (AvgIpc) is 3.24. The summed E-state index contributed by atoms with van der Waals surface area (Å²) in [5.74, 6) is -0.566. The highest BCUT2D eigenvalue weighted by Crippen LogP contribution is 2.28. The predicted octanol–water partition coefficient (Wildman–Crippen LogP) is 3.79. The molecule has 1 heterocycles.